The van der Waals surface area contributed by atoms with Gasteiger partial charge >= 0.3 is 0 Å². The molecule has 0 saturated carbocycles. The van der Waals surface area contributed by atoms with E-state index in [1.165, 1.54) is 39.8 Å². The fraction of sp³-hybridized carbons (Fsp3) is 0.238. The van der Waals surface area contributed by atoms with Crippen molar-refractivity contribution in [2.24, 2.45) is 0 Å². The maximum absolute atomic E-state index is 13.4. The van der Waals surface area contributed by atoms with E-state index in [9.17, 15) is 9.18 Å². The van der Waals surface area contributed by atoms with Crippen molar-refractivity contribution < 1.29 is 4.39 Å². The van der Waals surface area contributed by atoms with Gasteiger partial charge in [-0.3, -0.25) is 9.36 Å². The molecule has 0 saturated heterocycles. The number of para-hydroxylation sites is 1. The van der Waals surface area contributed by atoms with Crippen molar-refractivity contribution in [1.82, 2.24) is 19.7 Å². The van der Waals surface area contributed by atoms with Crippen molar-refractivity contribution in [3.63, 3.8) is 0 Å². The summed E-state index contributed by atoms with van der Waals surface area (Å²) in [6.07, 6.45) is 2.19. The maximum Gasteiger partial charge on any atom is 0.265 e. The molecule has 2 aromatic carbocycles. The monoisotopic (exact) mass is 441 g/mol. The van der Waals surface area contributed by atoms with Crippen LogP contribution in [0.2, 0.25) is 0 Å². The van der Waals surface area contributed by atoms with E-state index in [4.69, 9.17) is 4.98 Å². The molecule has 2 aromatic heterocycles. The molecule has 0 atom stereocenters. The van der Waals surface area contributed by atoms with Crippen molar-refractivity contribution in [2.45, 2.75) is 29.9 Å². The highest BCUT2D eigenvalue weighted by atomic mass is 32.2. The Labute approximate surface area is 181 Å². The van der Waals surface area contributed by atoms with Gasteiger partial charge in [0.15, 0.2) is 4.34 Å². The highest BCUT2D eigenvalue weighted by Crippen LogP contribution is 2.28. The summed E-state index contributed by atoms with van der Waals surface area (Å²) in [7, 11) is 0. The number of anilines is 1. The van der Waals surface area contributed by atoms with Crippen LogP contribution >= 0.6 is 23.1 Å². The van der Waals surface area contributed by atoms with E-state index in [0.717, 1.165) is 28.9 Å². The summed E-state index contributed by atoms with van der Waals surface area (Å²) in [6.45, 7) is 3.01. The molecule has 4 aromatic rings. The van der Waals surface area contributed by atoms with Crippen LogP contribution in [0.25, 0.3) is 16.6 Å². The van der Waals surface area contributed by atoms with Crippen molar-refractivity contribution in [3.05, 3.63) is 70.5 Å². The van der Waals surface area contributed by atoms with E-state index in [2.05, 4.69) is 22.4 Å². The summed E-state index contributed by atoms with van der Waals surface area (Å²) >= 11 is 2.95. The van der Waals surface area contributed by atoms with Gasteiger partial charge in [-0.1, -0.05) is 48.6 Å². The van der Waals surface area contributed by atoms with E-state index < -0.39 is 0 Å². The average Bonchev–Trinajstić information content (AvgIpc) is 3.21. The van der Waals surface area contributed by atoms with Gasteiger partial charge < -0.3 is 5.32 Å². The molecule has 30 heavy (non-hydrogen) atoms. The smallest absolute Gasteiger partial charge is 0.265 e. The second kappa shape index (κ2) is 9.36. The van der Waals surface area contributed by atoms with Crippen LogP contribution in [0.15, 0.2) is 57.7 Å². The molecule has 154 valence electrons. The molecule has 0 aliphatic rings. The van der Waals surface area contributed by atoms with Gasteiger partial charge in [0, 0.05) is 6.54 Å². The lowest BCUT2D eigenvalue weighted by atomic mass is 10.2. The van der Waals surface area contributed by atoms with Gasteiger partial charge in [0.2, 0.25) is 5.13 Å². The number of halogens is 1. The van der Waals surface area contributed by atoms with Crippen molar-refractivity contribution in [1.29, 1.82) is 0 Å². The Morgan fingerprint density at radius 2 is 1.93 bits per heavy atom. The molecule has 0 aliphatic heterocycles. The Kier molecular flexibility index (Phi) is 6.39. The zero-order valence-electron chi connectivity index (χ0n) is 16.3. The standard InChI is InChI=1S/C21H20FN5OS2/c1-2-3-12-23-20-25-26-21(30-20)29-13-18-24-17-7-5-4-6-16(17)19(28)27(18)15-10-8-14(22)9-11-15/h4-11H,2-3,12-13H2,1H3,(H,23,25). The highest BCUT2D eigenvalue weighted by molar-refractivity contribution is 8.00. The van der Waals surface area contributed by atoms with Crippen LogP contribution in [0.5, 0.6) is 0 Å². The lowest BCUT2D eigenvalue weighted by molar-refractivity contribution is 0.627. The molecule has 6 nitrogen and oxygen atoms in total. The number of fused-ring (bicyclic) bond motifs is 1. The Morgan fingerprint density at radius 3 is 2.73 bits per heavy atom. The molecule has 1 N–H and O–H groups in total. The van der Waals surface area contributed by atoms with E-state index in [0.29, 0.717) is 28.2 Å². The quantitative estimate of drug-likeness (QED) is 0.310. The van der Waals surface area contributed by atoms with E-state index >= 15 is 0 Å². The normalized spacial score (nSPS) is 11.1. The molecule has 0 fully saturated rings. The first-order valence-corrected chi connectivity index (χ1v) is 11.4. The fourth-order valence-electron chi connectivity index (χ4n) is 2.97. The second-order valence-corrected chi connectivity index (χ2v) is 8.80. The Bertz CT molecular complexity index is 1210. The lowest BCUT2D eigenvalue weighted by Crippen LogP contribution is -2.23. The van der Waals surface area contributed by atoms with Crippen LogP contribution in [0.3, 0.4) is 0 Å². The largest absolute Gasteiger partial charge is 0.360 e. The minimum atomic E-state index is -0.353. The van der Waals surface area contributed by atoms with Crippen molar-refractivity contribution in [3.8, 4) is 5.69 Å². The number of hydrogen-bond acceptors (Lipinski definition) is 7. The molecule has 0 unspecified atom stereocenters. The van der Waals surface area contributed by atoms with Gasteiger partial charge in [0.25, 0.3) is 5.56 Å². The first-order chi connectivity index (χ1) is 14.7. The Balaban J connectivity index is 1.65. The van der Waals surface area contributed by atoms with Gasteiger partial charge in [-0.05, 0) is 42.8 Å². The number of unbranched alkanes of at least 4 members (excludes halogenated alkanes) is 1. The van der Waals surface area contributed by atoms with Crippen LogP contribution < -0.4 is 10.9 Å². The molecule has 0 bridgehead atoms. The molecule has 4 rings (SSSR count). The minimum Gasteiger partial charge on any atom is -0.360 e. The second-order valence-electron chi connectivity index (χ2n) is 6.60. The lowest BCUT2D eigenvalue weighted by Gasteiger charge is -2.13. The summed E-state index contributed by atoms with van der Waals surface area (Å²) in [5.41, 5.74) is 1.03. The molecule has 9 heteroatoms. The van der Waals surface area contributed by atoms with Crippen molar-refractivity contribution in [2.75, 3.05) is 11.9 Å². The zero-order valence-corrected chi connectivity index (χ0v) is 18.0. The molecule has 2 heterocycles. The molecule has 0 aliphatic carbocycles. The first kappa shape index (κ1) is 20.5. The SMILES string of the molecule is CCCCNc1nnc(SCc2nc3ccccc3c(=O)n2-c2ccc(F)cc2)s1. The number of nitrogens with zero attached hydrogens (tertiary/aromatic N) is 4. The average molecular weight is 442 g/mol. The highest BCUT2D eigenvalue weighted by Gasteiger charge is 2.14. The third-order valence-corrected chi connectivity index (χ3v) is 6.48. The predicted molar refractivity (Wildman–Crippen MR) is 120 cm³/mol. The van der Waals surface area contributed by atoms with Gasteiger partial charge in [0.05, 0.1) is 22.3 Å². The van der Waals surface area contributed by atoms with Crippen LogP contribution in [0.4, 0.5) is 9.52 Å². The number of rotatable bonds is 8. The number of hydrogen-bond donors (Lipinski definition) is 1. The summed E-state index contributed by atoms with van der Waals surface area (Å²) in [5, 5.41) is 12.9. The third kappa shape index (κ3) is 4.52. The molecular formula is C21H20FN5OS2. The van der Waals surface area contributed by atoms with Gasteiger partial charge in [-0.25, -0.2) is 9.37 Å². The van der Waals surface area contributed by atoms with Gasteiger partial charge in [-0.2, -0.15) is 0 Å². The minimum absolute atomic E-state index is 0.179. The third-order valence-electron chi connectivity index (χ3n) is 4.47. The van der Waals surface area contributed by atoms with Gasteiger partial charge in [0.1, 0.15) is 11.6 Å². The van der Waals surface area contributed by atoms with Gasteiger partial charge in [-0.15, -0.1) is 10.2 Å². The molecule has 0 radical (unpaired) electrons. The summed E-state index contributed by atoms with van der Waals surface area (Å²) in [6, 6.07) is 13.1. The van der Waals surface area contributed by atoms with Crippen molar-refractivity contribution >= 4 is 39.1 Å². The van der Waals surface area contributed by atoms with E-state index in [-0.39, 0.29) is 11.4 Å². The number of thioether (sulfide) groups is 1. The number of aromatic nitrogens is 4. The summed E-state index contributed by atoms with van der Waals surface area (Å²) in [5.74, 6) is 0.653. The zero-order chi connectivity index (χ0) is 20.9. The molecule has 0 amide bonds. The van der Waals surface area contributed by atoms with Crippen LogP contribution in [0.1, 0.15) is 25.6 Å². The summed E-state index contributed by atoms with van der Waals surface area (Å²) in [4.78, 5) is 17.9. The maximum atomic E-state index is 13.4. The predicted octanol–water partition coefficient (Wildman–Crippen LogP) is 4.88. The van der Waals surface area contributed by atoms with Crippen LogP contribution in [0, 0.1) is 5.82 Å². The van der Waals surface area contributed by atoms with Crippen LogP contribution in [-0.2, 0) is 5.75 Å². The van der Waals surface area contributed by atoms with E-state index in [1.807, 2.05) is 18.2 Å². The van der Waals surface area contributed by atoms with E-state index in [1.54, 1.807) is 18.2 Å². The Hall–Kier alpha value is -2.78. The number of benzene rings is 2. The van der Waals surface area contributed by atoms with Crippen LogP contribution in [-0.4, -0.2) is 26.3 Å². The number of nitrogens with one attached hydrogen (secondary N) is 1. The molecular weight excluding hydrogens is 421 g/mol. The Morgan fingerprint density at radius 1 is 1.13 bits per heavy atom. The molecule has 0 spiro atoms. The fourth-order valence-corrected chi connectivity index (χ4v) is 4.67. The topological polar surface area (TPSA) is 72.7 Å². The first-order valence-electron chi connectivity index (χ1n) is 9.62. The summed E-state index contributed by atoms with van der Waals surface area (Å²) < 4.78 is 15.7.